The molecule has 0 saturated carbocycles. The Bertz CT molecular complexity index is 828. The van der Waals surface area contributed by atoms with Gasteiger partial charge in [-0.05, 0) is 51.4 Å². The molecule has 9 heteroatoms. The zero-order valence-electron chi connectivity index (χ0n) is 28.6. The highest BCUT2D eigenvalue weighted by molar-refractivity contribution is 7.47. The maximum absolute atomic E-state index is 12.5. The Morgan fingerprint density at radius 2 is 1.24 bits per heavy atom. The van der Waals surface area contributed by atoms with Crippen LogP contribution in [-0.2, 0) is 27.9 Å². The first-order valence-corrected chi connectivity index (χ1v) is 19.1. The third-order valence-corrected chi connectivity index (χ3v) is 7.99. The van der Waals surface area contributed by atoms with E-state index in [0.717, 1.165) is 70.6 Å². The first-order chi connectivity index (χ1) is 21.9. The maximum Gasteiger partial charge on any atom is 0.472 e. The van der Waals surface area contributed by atoms with Gasteiger partial charge in [-0.15, -0.1) is 0 Å². The van der Waals surface area contributed by atoms with Gasteiger partial charge < -0.3 is 20.1 Å². The number of ether oxygens (including phenoxy) is 2. The Kier molecular flexibility index (Phi) is 32.7. The lowest BCUT2D eigenvalue weighted by Crippen LogP contribution is -2.28. The van der Waals surface area contributed by atoms with Crippen LogP contribution >= 0.6 is 7.82 Å². The minimum Gasteiger partial charge on any atom is -0.457 e. The lowest BCUT2D eigenvalue weighted by Gasteiger charge is -2.20. The molecule has 0 aromatic rings. The van der Waals surface area contributed by atoms with Crippen LogP contribution in [0, 0.1) is 0 Å². The second-order valence-corrected chi connectivity index (χ2v) is 12.8. The average Bonchev–Trinajstić information content (AvgIpc) is 3.02. The van der Waals surface area contributed by atoms with Gasteiger partial charge in [0.15, 0.2) is 0 Å². The minimum absolute atomic E-state index is 0.0949. The number of allylic oxidation sites excluding steroid dienone is 8. The standard InChI is InChI=1S/C36H66NO7P/c1-3-5-7-9-11-13-14-15-16-17-18-19-20-21-23-25-27-29-36(38)44-35(34-43-45(39,40)42-32-30-37)33-41-31-28-26-24-22-12-10-8-6-4-2/h5,7,11,13,15-16,18-19,35H,3-4,6,8-10,12,14,17,20-34,37H2,1-2H3,(H,39,40)/b7-5-,13-11-,16-15-,19-18-. The molecule has 0 aliphatic rings. The van der Waals surface area contributed by atoms with Crippen LogP contribution in [0.1, 0.15) is 136 Å². The molecule has 0 aliphatic heterocycles. The topological polar surface area (TPSA) is 117 Å². The molecule has 262 valence electrons. The molecule has 0 aromatic carbocycles. The van der Waals surface area contributed by atoms with E-state index < -0.39 is 13.9 Å². The van der Waals surface area contributed by atoms with Crippen molar-refractivity contribution in [3.8, 4) is 0 Å². The lowest BCUT2D eigenvalue weighted by molar-refractivity contribution is -0.154. The molecule has 0 fully saturated rings. The lowest BCUT2D eigenvalue weighted by atomic mass is 10.1. The Hall–Kier alpha value is -1.54. The minimum atomic E-state index is -4.27. The fourth-order valence-corrected chi connectivity index (χ4v) is 5.22. The van der Waals surface area contributed by atoms with E-state index in [-0.39, 0.29) is 32.3 Å². The van der Waals surface area contributed by atoms with Crippen LogP contribution in [0.4, 0.5) is 0 Å². The predicted octanol–water partition coefficient (Wildman–Crippen LogP) is 9.68. The molecule has 0 aromatic heterocycles. The Labute approximate surface area is 275 Å². The van der Waals surface area contributed by atoms with Gasteiger partial charge in [-0.25, -0.2) is 4.57 Å². The smallest absolute Gasteiger partial charge is 0.457 e. The van der Waals surface area contributed by atoms with Crippen molar-refractivity contribution in [1.29, 1.82) is 0 Å². The van der Waals surface area contributed by atoms with Gasteiger partial charge in [0.1, 0.15) is 6.10 Å². The van der Waals surface area contributed by atoms with Gasteiger partial charge in [0.05, 0.1) is 19.8 Å². The van der Waals surface area contributed by atoms with Crippen LogP contribution in [0.15, 0.2) is 48.6 Å². The summed E-state index contributed by atoms with van der Waals surface area (Å²) < 4.78 is 33.1. The van der Waals surface area contributed by atoms with Crippen LogP contribution < -0.4 is 5.73 Å². The molecular weight excluding hydrogens is 589 g/mol. The first kappa shape index (κ1) is 43.5. The average molecular weight is 656 g/mol. The molecule has 0 amide bonds. The van der Waals surface area contributed by atoms with Crippen molar-refractivity contribution in [2.24, 2.45) is 5.73 Å². The molecule has 0 rings (SSSR count). The SMILES string of the molecule is CC/C=C\C/C=C\C/C=C\C/C=C\CCCCCCC(=O)OC(COCCCCCCCCCCC)COP(=O)(O)OCCN. The summed E-state index contributed by atoms with van der Waals surface area (Å²) in [6.45, 7) is 4.74. The largest absolute Gasteiger partial charge is 0.472 e. The molecule has 2 unspecified atom stereocenters. The Balaban J connectivity index is 4.16. The van der Waals surface area contributed by atoms with Crippen LogP contribution in [0.5, 0.6) is 0 Å². The van der Waals surface area contributed by atoms with E-state index in [1.807, 2.05) is 0 Å². The van der Waals surface area contributed by atoms with E-state index in [0.29, 0.717) is 13.0 Å². The van der Waals surface area contributed by atoms with Gasteiger partial charge in [-0.3, -0.25) is 13.8 Å². The highest BCUT2D eigenvalue weighted by Crippen LogP contribution is 2.43. The fourth-order valence-electron chi connectivity index (χ4n) is 4.46. The first-order valence-electron chi connectivity index (χ1n) is 17.6. The van der Waals surface area contributed by atoms with Crippen molar-refractivity contribution in [3.63, 3.8) is 0 Å². The quantitative estimate of drug-likeness (QED) is 0.0311. The Morgan fingerprint density at radius 1 is 0.689 bits per heavy atom. The molecule has 0 aliphatic carbocycles. The van der Waals surface area contributed by atoms with Crippen LogP contribution in [0.25, 0.3) is 0 Å². The third-order valence-electron chi connectivity index (χ3n) is 7.01. The highest BCUT2D eigenvalue weighted by atomic mass is 31.2. The summed E-state index contributed by atoms with van der Waals surface area (Å²) in [6.07, 6.45) is 36.9. The fraction of sp³-hybridized carbons (Fsp3) is 0.750. The summed E-state index contributed by atoms with van der Waals surface area (Å²) in [5.74, 6) is -0.357. The number of carbonyl (C=O) groups is 1. The normalized spacial score (nSPS) is 14.3. The predicted molar refractivity (Wildman–Crippen MR) is 187 cm³/mol. The number of nitrogens with two attached hydrogens (primary N) is 1. The number of unbranched alkanes of at least 4 members (excludes halogenated alkanes) is 12. The number of phosphoric ester groups is 1. The molecular formula is C36H66NO7P. The molecule has 0 heterocycles. The van der Waals surface area contributed by atoms with Gasteiger partial charge in [0.25, 0.3) is 0 Å². The highest BCUT2D eigenvalue weighted by Gasteiger charge is 2.25. The van der Waals surface area contributed by atoms with Gasteiger partial charge in [-0.2, -0.15) is 0 Å². The summed E-state index contributed by atoms with van der Waals surface area (Å²) in [7, 11) is -4.27. The number of carbonyl (C=O) groups excluding carboxylic acids is 1. The van der Waals surface area contributed by atoms with Crippen LogP contribution in [0.2, 0.25) is 0 Å². The molecule has 0 spiro atoms. The van der Waals surface area contributed by atoms with Crippen molar-refractivity contribution in [2.75, 3.05) is 33.0 Å². The summed E-state index contributed by atoms with van der Waals surface area (Å²) in [4.78, 5) is 22.3. The molecule has 3 N–H and O–H groups in total. The molecule has 0 saturated heterocycles. The third kappa shape index (κ3) is 33.6. The van der Waals surface area contributed by atoms with Crippen LogP contribution in [0.3, 0.4) is 0 Å². The van der Waals surface area contributed by atoms with E-state index in [9.17, 15) is 14.3 Å². The zero-order chi connectivity index (χ0) is 33.1. The van der Waals surface area contributed by atoms with Crippen molar-refractivity contribution in [2.45, 2.75) is 142 Å². The molecule has 0 bridgehead atoms. The molecule has 8 nitrogen and oxygen atoms in total. The summed E-state index contributed by atoms with van der Waals surface area (Å²) >= 11 is 0. The van der Waals surface area contributed by atoms with Gasteiger partial charge in [0, 0.05) is 19.6 Å². The zero-order valence-corrected chi connectivity index (χ0v) is 29.5. The van der Waals surface area contributed by atoms with Crippen molar-refractivity contribution in [3.05, 3.63) is 48.6 Å². The summed E-state index contributed by atoms with van der Waals surface area (Å²) in [5.41, 5.74) is 5.33. The summed E-state index contributed by atoms with van der Waals surface area (Å²) in [6, 6.07) is 0. The van der Waals surface area contributed by atoms with Crippen molar-refractivity contribution >= 4 is 13.8 Å². The van der Waals surface area contributed by atoms with E-state index in [1.165, 1.54) is 44.9 Å². The molecule has 2 atom stereocenters. The monoisotopic (exact) mass is 655 g/mol. The second-order valence-electron chi connectivity index (χ2n) is 11.4. The maximum atomic E-state index is 12.5. The van der Waals surface area contributed by atoms with Gasteiger partial charge >= 0.3 is 13.8 Å². The van der Waals surface area contributed by atoms with E-state index >= 15 is 0 Å². The number of esters is 1. The number of rotatable bonds is 33. The summed E-state index contributed by atoms with van der Waals surface area (Å²) in [5, 5.41) is 0. The van der Waals surface area contributed by atoms with Crippen LogP contribution in [-0.4, -0.2) is 49.9 Å². The van der Waals surface area contributed by atoms with Crippen molar-refractivity contribution in [1.82, 2.24) is 0 Å². The van der Waals surface area contributed by atoms with Gasteiger partial charge in [0.2, 0.25) is 0 Å². The number of hydrogen-bond acceptors (Lipinski definition) is 7. The molecule has 0 radical (unpaired) electrons. The number of phosphoric acid groups is 1. The number of hydrogen-bond donors (Lipinski definition) is 2. The van der Waals surface area contributed by atoms with E-state index in [2.05, 4.69) is 62.5 Å². The molecule has 45 heavy (non-hydrogen) atoms. The van der Waals surface area contributed by atoms with Gasteiger partial charge in [-0.1, -0.05) is 127 Å². The van der Waals surface area contributed by atoms with Crippen molar-refractivity contribution < 1.29 is 32.8 Å². The second kappa shape index (κ2) is 33.8. The van der Waals surface area contributed by atoms with E-state index in [1.54, 1.807) is 0 Å². The van der Waals surface area contributed by atoms with E-state index in [4.69, 9.17) is 24.3 Å². The Morgan fingerprint density at radius 3 is 1.87 bits per heavy atom.